The predicted molar refractivity (Wildman–Crippen MR) is 69.1 cm³/mol. The van der Waals surface area contributed by atoms with Crippen molar-refractivity contribution in [1.82, 2.24) is 15.0 Å². The van der Waals surface area contributed by atoms with Crippen LogP contribution in [0.5, 0.6) is 0 Å². The van der Waals surface area contributed by atoms with Crippen molar-refractivity contribution in [3.63, 3.8) is 0 Å². The Morgan fingerprint density at radius 2 is 1.94 bits per heavy atom. The minimum atomic E-state index is 0.303. The average molecular weight is 251 g/mol. The third kappa shape index (κ3) is 2.58. The summed E-state index contributed by atoms with van der Waals surface area (Å²) < 4.78 is 1.84. The van der Waals surface area contributed by atoms with Gasteiger partial charge in [0.1, 0.15) is 0 Å². The van der Waals surface area contributed by atoms with E-state index in [0.717, 1.165) is 16.3 Å². The van der Waals surface area contributed by atoms with Crippen molar-refractivity contribution in [2.24, 2.45) is 0 Å². The van der Waals surface area contributed by atoms with Gasteiger partial charge in [0.15, 0.2) is 5.82 Å². The zero-order valence-electron chi connectivity index (χ0n) is 9.89. The summed E-state index contributed by atoms with van der Waals surface area (Å²) in [5.74, 6) is 0.811. The van der Waals surface area contributed by atoms with Gasteiger partial charge in [-0.3, -0.25) is 0 Å². The highest BCUT2D eigenvalue weighted by Gasteiger charge is 2.13. The molecule has 17 heavy (non-hydrogen) atoms. The topological polar surface area (TPSA) is 56.7 Å². The molecule has 2 N–H and O–H groups in total. The third-order valence-corrected chi connectivity index (χ3v) is 2.85. The lowest BCUT2D eigenvalue weighted by Crippen LogP contribution is -2.08. The molecular formula is C12H15ClN4. The molecule has 0 bridgehead atoms. The molecule has 1 aromatic carbocycles. The van der Waals surface area contributed by atoms with Crippen molar-refractivity contribution in [3.8, 4) is 0 Å². The minimum Gasteiger partial charge on any atom is -0.381 e. The van der Waals surface area contributed by atoms with Crippen LogP contribution in [0, 0.1) is 0 Å². The van der Waals surface area contributed by atoms with Crippen molar-refractivity contribution in [1.29, 1.82) is 0 Å². The fourth-order valence-corrected chi connectivity index (χ4v) is 1.93. The molecule has 0 aliphatic heterocycles. The van der Waals surface area contributed by atoms with Gasteiger partial charge < -0.3 is 5.73 Å². The lowest BCUT2D eigenvalue weighted by atomic mass is 10.1. The van der Waals surface area contributed by atoms with Crippen LogP contribution < -0.4 is 5.73 Å². The highest BCUT2D eigenvalue weighted by atomic mass is 35.5. The Hall–Kier alpha value is -1.55. The van der Waals surface area contributed by atoms with Crippen molar-refractivity contribution < 1.29 is 0 Å². The standard InChI is InChI=1S/C12H15ClN4/c1-8(2)11-12(14)15-16-17(11)7-9-3-5-10(13)6-4-9/h3-6,8H,7,14H2,1-2H3. The van der Waals surface area contributed by atoms with Crippen molar-refractivity contribution in [2.75, 3.05) is 5.73 Å². The summed E-state index contributed by atoms with van der Waals surface area (Å²) in [4.78, 5) is 0. The maximum atomic E-state index is 5.85. The molecule has 90 valence electrons. The second-order valence-corrected chi connectivity index (χ2v) is 4.74. The van der Waals surface area contributed by atoms with Crippen LogP contribution in [0.4, 0.5) is 5.82 Å². The predicted octanol–water partition coefficient (Wildman–Crippen LogP) is 2.69. The number of aromatic nitrogens is 3. The number of halogens is 1. The van der Waals surface area contributed by atoms with Gasteiger partial charge in [0, 0.05) is 5.02 Å². The first-order chi connectivity index (χ1) is 8.08. The van der Waals surface area contributed by atoms with Crippen LogP contribution in [-0.4, -0.2) is 15.0 Å². The molecule has 0 aliphatic rings. The van der Waals surface area contributed by atoms with Crippen LogP contribution in [-0.2, 0) is 6.54 Å². The molecule has 0 atom stereocenters. The lowest BCUT2D eigenvalue weighted by Gasteiger charge is -2.09. The van der Waals surface area contributed by atoms with Gasteiger partial charge in [-0.05, 0) is 23.6 Å². The second-order valence-electron chi connectivity index (χ2n) is 4.30. The zero-order valence-corrected chi connectivity index (χ0v) is 10.6. The monoisotopic (exact) mass is 250 g/mol. The number of nitrogens with two attached hydrogens (primary N) is 1. The Kier molecular flexibility index (Phi) is 3.33. The normalized spacial score (nSPS) is 11.1. The third-order valence-electron chi connectivity index (χ3n) is 2.59. The van der Waals surface area contributed by atoms with E-state index in [2.05, 4.69) is 24.2 Å². The molecule has 2 rings (SSSR count). The van der Waals surface area contributed by atoms with E-state index in [0.29, 0.717) is 18.3 Å². The minimum absolute atomic E-state index is 0.303. The summed E-state index contributed by atoms with van der Waals surface area (Å²) in [6.07, 6.45) is 0. The molecule has 0 amide bonds. The molecule has 0 spiro atoms. The molecule has 0 saturated carbocycles. The SMILES string of the molecule is CC(C)c1c(N)nnn1Cc1ccc(Cl)cc1. The highest BCUT2D eigenvalue weighted by molar-refractivity contribution is 6.30. The van der Waals surface area contributed by atoms with Crippen molar-refractivity contribution >= 4 is 17.4 Å². The van der Waals surface area contributed by atoms with E-state index in [1.807, 2.05) is 28.9 Å². The first kappa shape index (κ1) is 11.9. The molecule has 2 aromatic rings. The van der Waals surface area contributed by atoms with Crippen molar-refractivity contribution in [2.45, 2.75) is 26.3 Å². The average Bonchev–Trinajstić information content (AvgIpc) is 2.63. The number of hydrogen-bond acceptors (Lipinski definition) is 3. The maximum absolute atomic E-state index is 5.85. The molecule has 0 fully saturated rings. The van der Waals surface area contributed by atoms with Gasteiger partial charge in [0.25, 0.3) is 0 Å². The van der Waals surface area contributed by atoms with Gasteiger partial charge in [-0.25, -0.2) is 4.68 Å². The van der Waals surface area contributed by atoms with Crippen molar-refractivity contribution in [3.05, 3.63) is 40.5 Å². The molecule has 0 radical (unpaired) electrons. The largest absolute Gasteiger partial charge is 0.381 e. The Bertz CT molecular complexity index is 502. The van der Waals surface area contributed by atoms with Gasteiger partial charge in [-0.15, -0.1) is 5.10 Å². The number of nitrogens with zero attached hydrogens (tertiary/aromatic N) is 3. The maximum Gasteiger partial charge on any atom is 0.169 e. The number of hydrogen-bond donors (Lipinski definition) is 1. The first-order valence-electron chi connectivity index (χ1n) is 5.51. The summed E-state index contributed by atoms with van der Waals surface area (Å²) in [6, 6.07) is 7.69. The van der Waals surface area contributed by atoms with Crippen LogP contribution in [0.1, 0.15) is 31.0 Å². The van der Waals surface area contributed by atoms with E-state index < -0.39 is 0 Å². The van der Waals surface area contributed by atoms with E-state index in [9.17, 15) is 0 Å². The molecular weight excluding hydrogens is 236 g/mol. The van der Waals surface area contributed by atoms with E-state index in [4.69, 9.17) is 17.3 Å². The Morgan fingerprint density at radius 3 is 2.53 bits per heavy atom. The van der Waals surface area contributed by atoms with E-state index in [1.54, 1.807) is 0 Å². The molecule has 0 saturated heterocycles. The Morgan fingerprint density at radius 1 is 1.29 bits per heavy atom. The highest BCUT2D eigenvalue weighted by Crippen LogP contribution is 2.20. The van der Waals surface area contributed by atoms with Gasteiger partial charge in [-0.1, -0.05) is 42.8 Å². The number of anilines is 1. The molecule has 0 unspecified atom stereocenters. The number of rotatable bonds is 3. The quantitative estimate of drug-likeness (QED) is 0.911. The fourth-order valence-electron chi connectivity index (χ4n) is 1.81. The Labute approximate surface area is 105 Å². The fraction of sp³-hybridized carbons (Fsp3) is 0.333. The second kappa shape index (κ2) is 4.75. The van der Waals surface area contributed by atoms with Crippen LogP contribution >= 0.6 is 11.6 Å². The smallest absolute Gasteiger partial charge is 0.169 e. The summed E-state index contributed by atoms with van der Waals surface area (Å²) in [5.41, 5.74) is 7.90. The molecule has 1 heterocycles. The van der Waals surface area contributed by atoms with E-state index in [1.165, 1.54) is 0 Å². The summed E-state index contributed by atoms with van der Waals surface area (Å²) in [7, 11) is 0. The van der Waals surface area contributed by atoms with Crippen LogP contribution in [0.25, 0.3) is 0 Å². The van der Waals surface area contributed by atoms with Crippen LogP contribution in [0.2, 0.25) is 5.02 Å². The lowest BCUT2D eigenvalue weighted by molar-refractivity contribution is 0.598. The molecule has 0 aliphatic carbocycles. The van der Waals surface area contributed by atoms with Gasteiger partial charge in [0.2, 0.25) is 0 Å². The molecule has 1 aromatic heterocycles. The van der Waals surface area contributed by atoms with E-state index >= 15 is 0 Å². The number of benzene rings is 1. The summed E-state index contributed by atoms with van der Waals surface area (Å²) in [5, 5.41) is 8.71. The van der Waals surface area contributed by atoms with Crippen LogP contribution in [0.15, 0.2) is 24.3 Å². The summed E-state index contributed by atoms with van der Waals surface area (Å²) in [6.45, 7) is 4.82. The zero-order chi connectivity index (χ0) is 12.4. The van der Waals surface area contributed by atoms with Gasteiger partial charge in [0.05, 0.1) is 12.2 Å². The van der Waals surface area contributed by atoms with Gasteiger partial charge in [-0.2, -0.15) is 0 Å². The Balaban J connectivity index is 2.27. The van der Waals surface area contributed by atoms with Crippen LogP contribution in [0.3, 0.4) is 0 Å². The molecule has 5 heteroatoms. The molecule has 4 nitrogen and oxygen atoms in total. The summed E-state index contributed by atoms with van der Waals surface area (Å²) >= 11 is 5.85. The van der Waals surface area contributed by atoms with E-state index in [-0.39, 0.29) is 0 Å². The number of nitrogen functional groups attached to an aromatic ring is 1. The van der Waals surface area contributed by atoms with Gasteiger partial charge >= 0.3 is 0 Å². The first-order valence-corrected chi connectivity index (χ1v) is 5.89.